The Labute approximate surface area is 398 Å². The maximum Gasteiger partial charge on any atom is 0.461 e. The summed E-state index contributed by atoms with van der Waals surface area (Å²) in [6, 6.07) is 15.3. The van der Waals surface area contributed by atoms with Crippen LogP contribution >= 0.6 is 0 Å². The van der Waals surface area contributed by atoms with E-state index in [0.29, 0.717) is 69.0 Å². The van der Waals surface area contributed by atoms with Crippen LogP contribution in [-0.4, -0.2) is 81.9 Å². The van der Waals surface area contributed by atoms with Gasteiger partial charge in [-0.1, -0.05) is 30.3 Å². The number of nitrogens with zero attached hydrogens (tertiary/aromatic N) is 1. The summed E-state index contributed by atoms with van der Waals surface area (Å²) in [6.07, 6.45) is -1.68. The molecule has 2 aliphatic rings. The van der Waals surface area contributed by atoms with E-state index in [2.05, 4.69) is 31.6 Å². The first-order chi connectivity index (χ1) is 32.2. The Morgan fingerprint density at radius 3 is 1.94 bits per heavy atom. The van der Waals surface area contributed by atoms with Crippen molar-refractivity contribution in [2.24, 2.45) is 11.8 Å². The number of ether oxygens (including phenoxy) is 2. The zero-order chi connectivity index (χ0) is 50.5. The lowest BCUT2D eigenvalue weighted by molar-refractivity contribution is -0.292. The number of rotatable bonds is 13. The predicted molar refractivity (Wildman–Crippen MR) is 249 cm³/mol. The zero-order valence-electron chi connectivity index (χ0n) is 39.9. The second-order valence-corrected chi connectivity index (χ2v) is 20.1. The number of carbonyl (C=O) groups is 5. The number of imidazole rings is 1. The maximum atomic E-state index is 14.1. The van der Waals surface area contributed by atoms with Crippen LogP contribution in [0.25, 0.3) is 22.2 Å². The van der Waals surface area contributed by atoms with Crippen LogP contribution in [0.2, 0.25) is 0 Å². The van der Waals surface area contributed by atoms with Crippen LogP contribution in [0, 0.1) is 18.8 Å². The lowest BCUT2D eigenvalue weighted by Crippen LogP contribution is -2.48. The van der Waals surface area contributed by atoms with Crippen LogP contribution < -0.4 is 26.6 Å². The predicted octanol–water partition coefficient (Wildman–Crippen LogP) is 9.76. The summed E-state index contributed by atoms with van der Waals surface area (Å²) in [5, 5.41) is 14.4. The molecule has 0 saturated heterocycles. The van der Waals surface area contributed by atoms with Gasteiger partial charge in [-0.3, -0.25) is 14.4 Å². The van der Waals surface area contributed by atoms with E-state index in [1.54, 1.807) is 26.8 Å². The number of nitrogens with one attached hydrogen (secondary N) is 6. The van der Waals surface area contributed by atoms with Crippen LogP contribution in [0.3, 0.4) is 0 Å². The van der Waals surface area contributed by atoms with E-state index in [-0.39, 0.29) is 53.0 Å². The van der Waals surface area contributed by atoms with Crippen LogP contribution in [0.5, 0.6) is 0 Å². The van der Waals surface area contributed by atoms with Gasteiger partial charge >= 0.3 is 24.3 Å². The van der Waals surface area contributed by atoms with E-state index >= 15 is 0 Å². The highest BCUT2D eigenvalue weighted by atomic mass is 19.4. The fourth-order valence-corrected chi connectivity index (χ4v) is 8.58. The Morgan fingerprint density at radius 1 is 0.739 bits per heavy atom. The smallest absolute Gasteiger partial charge is 0.444 e. The largest absolute Gasteiger partial charge is 0.461 e. The first-order valence-corrected chi connectivity index (χ1v) is 23.3. The van der Waals surface area contributed by atoms with Crippen molar-refractivity contribution >= 4 is 46.6 Å². The molecular formula is C50H62F5N7O7. The minimum absolute atomic E-state index is 0.0270. The molecule has 0 aliphatic heterocycles. The number of fused-ring (bicyclic) bond motifs is 1. The number of hydrogen-bond acceptors (Lipinski definition) is 8. The van der Waals surface area contributed by atoms with Gasteiger partial charge in [0.25, 0.3) is 5.91 Å². The molecule has 2 fully saturated rings. The second kappa shape index (κ2) is 21.2. The van der Waals surface area contributed by atoms with Crippen LogP contribution in [-0.2, 0) is 31.4 Å². The van der Waals surface area contributed by atoms with Crippen molar-refractivity contribution in [2.45, 2.75) is 148 Å². The maximum absolute atomic E-state index is 14.1. The lowest BCUT2D eigenvalue weighted by Gasteiger charge is -2.30. The Kier molecular flexibility index (Phi) is 16.0. The number of alkyl halides is 5. The molecule has 3 aromatic carbocycles. The molecule has 374 valence electrons. The number of benzene rings is 3. The van der Waals surface area contributed by atoms with Gasteiger partial charge in [0.2, 0.25) is 11.8 Å². The summed E-state index contributed by atoms with van der Waals surface area (Å²) in [4.78, 5) is 70.9. The molecule has 2 aliphatic carbocycles. The van der Waals surface area contributed by atoms with Gasteiger partial charge in [-0.2, -0.15) is 22.0 Å². The molecule has 6 rings (SSSR count). The van der Waals surface area contributed by atoms with Gasteiger partial charge in [-0.05, 0) is 158 Å². The normalized spacial score (nSPS) is 19.5. The molecule has 1 heterocycles. The number of halogens is 5. The molecule has 2 saturated carbocycles. The number of amides is 5. The molecule has 1 atom stereocenters. The highest BCUT2D eigenvalue weighted by molar-refractivity contribution is 5.99. The van der Waals surface area contributed by atoms with Gasteiger partial charge in [0.15, 0.2) is 5.82 Å². The summed E-state index contributed by atoms with van der Waals surface area (Å²) in [7, 11) is 0. The van der Waals surface area contributed by atoms with Gasteiger partial charge in [-0.25, -0.2) is 14.6 Å². The zero-order valence-corrected chi connectivity index (χ0v) is 39.9. The third-order valence-corrected chi connectivity index (χ3v) is 12.2. The molecule has 4 aromatic rings. The number of aromatic nitrogens is 2. The fraction of sp³-hybridized carbons (Fsp3) is 0.520. The summed E-state index contributed by atoms with van der Waals surface area (Å²) in [5.74, 6) is -8.33. The second-order valence-electron chi connectivity index (χ2n) is 20.1. The number of alkyl carbamates (subject to hydrolysis) is 2. The fourth-order valence-electron chi connectivity index (χ4n) is 8.58. The van der Waals surface area contributed by atoms with Crippen molar-refractivity contribution in [2.75, 3.05) is 11.9 Å². The molecule has 5 amide bonds. The number of H-pyrrole nitrogens is 1. The molecule has 0 spiro atoms. The summed E-state index contributed by atoms with van der Waals surface area (Å²) >= 11 is 0. The lowest BCUT2D eigenvalue weighted by atomic mass is 9.81. The first-order valence-electron chi connectivity index (χ1n) is 23.3. The molecule has 1 aromatic heterocycles. The Bertz CT molecular complexity index is 2480. The SMILES string of the molecule is Cc1cc(C(=O)NC2CCC(NC(=O)OC(C)(C)C)CC2)ccc1-c1ccc(C[C@H](NC(=O)C2CCC(CNC(=O)OC(C)(C)C)CC2)C(=O)Nc2ccc3nc(C(F)(F)C(F)(F)F)[nH]c3c2)cc1. The Balaban J connectivity index is 1.10. The van der Waals surface area contributed by atoms with Gasteiger partial charge in [0.05, 0.1) is 11.0 Å². The highest BCUT2D eigenvalue weighted by Crippen LogP contribution is 2.43. The highest BCUT2D eigenvalue weighted by Gasteiger charge is 2.61. The van der Waals surface area contributed by atoms with Crippen molar-refractivity contribution in [3.05, 3.63) is 83.2 Å². The molecule has 0 bridgehead atoms. The molecule has 0 radical (unpaired) electrons. The number of anilines is 1. The average Bonchev–Trinajstić information content (AvgIpc) is 3.69. The van der Waals surface area contributed by atoms with Crippen molar-refractivity contribution in [3.63, 3.8) is 0 Å². The van der Waals surface area contributed by atoms with E-state index < -0.39 is 59.2 Å². The summed E-state index contributed by atoms with van der Waals surface area (Å²) in [5.41, 5.74) is 2.24. The number of aromatic amines is 1. The third kappa shape index (κ3) is 14.4. The van der Waals surface area contributed by atoms with Crippen molar-refractivity contribution in [1.29, 1.82) is 0 Å². The van der Waals surface area contributed by atoms with Crippen molar-refractivity contribution in [1.82, 2.24) is 31.2 Å². The number of hydrogen-bond donors (Lipinski definition) is 6. The average molecular weight is 968 g/mol. The van der Waals surface area contributed by atoms with E-state index in [0.717, 1.165) is 16.7 Å². The molecular weight excluding hydrogens is 906 g/mol. The van der Waals surface area contributed by atoms with Gasteiger partial charge < -0.3 is 41.0 Å². The molecule has 14 nitrogen and oxygen atoms in total. The monoisotopic (exact) mass is 967 g/mol. The van der Waals surface area contributed by atoms with Gasteiger partial charge in [0.1, 0.15) is 17.2 Å². The van der Waals surface area contributed by atoms with E-state index in [1.807, 2.05) is 69.1 Å². The van der Waals surface area contributed by atoms with Crippen molar-refractivity contribution < 1.29 is 55.4 Å². The quantitative estimate of drug-likeness (QED) is 0.0713. The summed E-state index contributed by atoms with van der Waals surface area (Å²) < 4.78 is 78.1. The van der Waals surface area contributed by atoms with Gasteiger partial charge in [-0.15, -0.1) is 0 Å². The number of aryl methyl sites for hydroxylation is 1. The van der Waals surface area contributed by atoms with E-state index in [1.165, 1.54) is 18.2 Å². The van der Waals surface area contributed by atoms with Crippen LogP contribution in [0.15, 0.2) is 60.7 Å². The van der Waals surface area contributed by atoms with E-state index in [9.17, 15) is 45.9 Å². The van der Waals surface area contributed by atoms with Crippen LogP contribution in [0.1, 0.15) is 120 Å². The molecule has 6 N–H and O–H groups in total. The minimum atomic E-state index is -5.88. The molecule has 69 heavy (non-hydrogen) atoms. The number of carbonyl (C=O) groups excluding carboxylic acids is 5. The Hall–Kier alpha value is -6.27. The Morgan fingerprint density at radius 2 is 1.35 bits per heavy atom. The summed E-state index contributed by atoms with van der Waals surface area (Å²) in [6.45, 7) is 13.0. The first kappa shape index (κ1) is 52.1. The third-order valence-electron chi connectivity index (χ3n) is 12.2. The van der Waals surface area contributed by atoms with Crippen molar-refractivity contribution in [3.8, 4) is 11.1 Å². The topological polar surface area (TPSA) is 193 Å². The standard InChI is InChI=1S/C50H62F5N7O7/c1-28-24-33(42(64)57-34-17-19-35(20-18-34)59-46(67)69-48(5,6)7)16-22-37(28)31-12-8-29(9-13-31)25-40(60-41(63)32-14-10-30(11-15-32)27-56-45(66)68-47(2,3)4)43(65)58-36-21-23-38-39(26-36)62-44(61-38)49(51,52)50(53,54)55/h8-9,12-13,16,21-24,26,30,32,34-35,40H,10-11,14-15,17-20,25,27H2,1-7H3,(H,56,66)(H,57,64)(H,58,65)(H,59,67)(H,60,63)(H,61,62)/t30?,32?,34?,35?,40-/m0/s1. The minimum Gasteiger partial charge on any atom is -0.444 e. The van der Waals surface area contributed by atoms with Crippen LogP contribution in [0.4, 0.5) is 37.2 Å². The molecule has 19 heteroatoms. The van der Waals surface area contributed by atoms with E-state index in [4.69, 9.17) is 9.47 Å². The molecule has 0 unspecified atom stereocenters. The van der Waals surface area contributed by atoms with Gasteiger partial charge in [0, 0.05) is 42.2 Å².